The first-order valence-corrected chi connectivity index (χ1v) is 9.06. The van der Waals surface area contributed by atoms with Crippen molar-refractivity contribution >= 4 is 11.9 Å². The Morgan fingerprint density at radius 3 is 2.19 bits per heavy atom. The van der Waals surface area contributed by atoms with Gasteiger partial charge in [-0.1, -0.05) is 30.3 Å². The van der Waals surface area contributed by atoms with Gasteiger partial charge in [-0.3, -0.25) is 4.79 Å². The van der Waals surface area contributed by atoms with Crippen LogP contribution < -0.4 is 0 Å². The maximum atomic E-state index is 13.1. The largest absolute Gasteiger partial charge is 0.444 e. The lowest BCUT2D eigenvalue weighted by atomic mass is 9.69. The molecule has 0 N–H and O–H groups in total. The monoisotopic (exact) mass is 358 g/mol. The fourth-order valence-corrected chi connectivity index (χ4v) is 3.21. The molecule has 5 heteroatoms. The van der Waals surface area contributed by atoms with E-state index in [0.29, 0.717) is 25.9 Å². The first kappa shape index (κ1) is 20.0. The molecule has 1 aliphatic heterocycles. The first-order valence-electron chi connectivity index (χ1n) is 9.06. The average molecular weight is 358 g/mol. The molecule has 2 rings (SSSR count). The number of ketones is 1. The van der Waals surface area contributed by atoms with Crippen molar-refractivity contribution in [1.82, 2.24) is 9.80 Å². The number of carbonyl (C=O) groups is 2. The number of likely N-dealkylation sites (tertiary alicyclic amines) is 1. The number of carbonyl (C=O) groups excluding carboxylic acids is 2. The van der Waals surface area contributed by atoms with Gasteiger partial charge in [-0.05, 0) is 45.3 Å². The number of benzene rings is 1. The maximum Gasteiger partial charge on any atom is 0.410 e. The third-order valence-corrected chi connectivity index (χ3v) is 4.59. The summed E-state index contributed by atoms with van der Waals surface area (Å²) in [6, 6.07) is 9.88. The number of ether oxygens (including phenoxy) is 1. The Balaban J connectivity index is 2.21. The van der Waals surface area contributed by atoms with Gasteiger partial charge in [0.05, 0.1) is 5.41 Å². The van der Waals surface area contributed by atoms with E-state index in [0.717, 1.165) is 5.56 Å². The number of hydrogen-bond donors (Lipinski definition) is 0. The molecule has 5 nitrogen and oxygen atoms in total. The molecule has 142 valence electrons. The van der Waals surface area contributed by atoms with Crippen molar-refractivity contribution in [2.24, 2.45) is 0 Å². The summed E-state index contributed by atoms with van der Waals surface area (Å²) in [6.07, 6.45) is 4.30. The van der Waals surface area contributed by atoms with Crippen LogP contribution in [0.25, 0.3) is 0 Å². The van der Waals surface area contributed by atoms with Crippen LogP contribution in [0.4, 0.5) is 4.79 Å². The Kier molecular flexibility index (Phi) is 6.11. The van der Waals surface area contributed by atoms with Crippen LogP contribution in [0.2, 0.25) is 0 Å². The summed E-state index contributed by atoms with van der Waals surface area (Å²) in [4.78, 5) is 29.0. The standard InChI is InChI=1S/C21H30N2O3/c1-20(2,3)26-19(25)23-15-12-21(13-16-23,17-9-7-6-8-10-17)18(24)11-14-22(4)5/h6-11,14H,12-13,15-16H2,1-5H3/b14-11+. The Hall–Kier alpha value is -2.30. The topological polar surface area (TPSA) is 49.9 Å². The van der Waals surface area contributed by atoms with Crippen LogP contribution in [0.5, 0.6) is 0 Å². The molecule has 1 aliphatic rings. The molecule has 0 unspecified atom stereocenters. The van der Waals surface area contributed by atoms with Gasteiger partial charge in [0.2, 0.25) is 0 Å². The molecule has 0 atom stereocenters. The summed E-state index contributed by atoms with van der Waals surface area (Å²) in [5.41, 5.74) is -0.0982. The van der Waals surface area contributed by atoms with Crippen LogP contribution in [0.15, 0.2) is 42.6 Å². The van der Waals surface area contributed by atoms with Crippen LogP contribution in [0.1, 0.15) is 39.2 Å². The van der Waals surface area contributed by atoms with E-state index in [-0.39, 0.29) is 11.9 Å². The highest BCUT2D eigenvalue weighted by atomic mass is 16.6. The zero-order valence-corrected chi connectivity index (χ0v) is 16.5. The van der Waals surface area contributed by atoms with Crippen LogP contribution >= 0.6 is 0 Å². The van der Waals surface area contributed by atoms with E-state index in [4.69, 9.17) is 4.74 Å². The average Bonchev–Trinajstić information content (AvgIpc) is 2.59. The minimum Gasteiger partial charge on any atom is -0.444 e. The summed E-state index contributed by atoms with van der Waals surface area (Å²) >= 11 is 0. The lowest BCUT2D eigenvalue weighted by molar-refractivity contribution is -0.121. The van der Waals surface area contributed by atoms with Gasteiger partial charge in [-0.15, -0.1) is 0 Å². The van der Waals surface area contributed by atoms with Crippen molar-refractivity contribution in [3.05, 3.63) is 48.2 Å². The van der Waals surface area contributed by atoms with Gasteiger partial charge >= 0.3 is 6.09 Å². The van der Waals surface area contributed by atoms with E-state index in [2.05, 4.69) is 0 Å². The lowest BCUT2D eigenvalue weighted by Gasteiger charge is -2.41. The molecule has 1 amide bonds. The highest BCUT2D eigenvalue weighted by Crippen LogP contribution is 2.37. The molecular formula is C21H30N2O3. The van der Waals surface area contributed by atoms with Crippen LogP contribution in [0, 0.1) is 0 Å². The number of piperidine rings is 1. The highest BCUT2D eigenvalue weighted by molar-refractivity contribution is 5.99. The van der Waals surface area contributed by atoms with Gasteiger partial charge < -0.3 is 14.5 Å². The van der Waals surface area contributed by atoms with Crippen molar-refractivity contribution < 1.29 is 14.3 Å². The second-order valence-corrected chi connectivity index (χ2v) is 8.06. The second kappa shape index (κ2) is 7.94. The molecule has 26 heavy (non-hydrogen) atoms. The van der Waals surface area contributed by atoms with Gasteiger partial charge in [0.1, 0.15) is 5.60 Å². The van der Waals surface area contributed by atoms with Gasteiger partial charge in [-0.2, -0.15) is 0 Å². The minimum atomic E-state index is -0.591. The molecule has 0 spiro atoms. The fourth-order valence-electron chi connectivity index (χ4n) is 3.21. The number of hydrogen-bond acceptors (Lipinski definition) is 4. The summed E-state index contributed by atoms with van der Waals surface area (Å²) in [6.45, 7) is 6.59. The molecule has 1 saturated heterocycles. The van der Waals surface area contributed by atoms with Crippen LogP contribution in [-0.4, -0.2) is 54.5 Å². The third kappa shape index (κ3) is 4.87. The number of nitrogens with zero attached hydrogens (tertiary/aromatic N) is 2. The smallest absolute Gasteiger partial charge is 0.410 e. The van der Waals surface area contributed by atoms with Gasteiger partial charge in [0, 0.05) is 33.4 Å². The molecule has 0 aromatic heterocycles. The molecular weight excluding hydrogens is 328 g/mol. The first-order chi connectivity index (χ1) is 12.1. The minimum absolute atomic E-state index is 0.0845. The van der Waals surface area contributed by atoms with E-state index in [1.165, 1.54) is 0 Å². The quantitative estimate of drug-likeness (QED) is 0.772. The van der Waals surface area contributed by atoms with Crippen molar-refractivity contribution in [3.8, 4) is 0 Å². The van der Waals surface area contributed by atoms with Gasteiger partial charge in [-0.25, -0.2) is 4.79 Å². The normalized spacial score (nSPS) is 17.2. The Morgan fingerprint density at radius 1 is 1.12 bits per heavy atom. The van der Waals surface area contributed by atoms with Crippen molar-refractivity contribution in [3.63, 3.8) is 0 Å². The number of allylic oxidation sites excluding steroid dienone is 1. The molecule has 0 saturated carbocycles. The Bertz CT molecular complexity index is 652. The molecule has 1 fully saturated rings. The predicted molar refractivity (Wildman–Crippen MR) is 103 cm³/mol. The zero-order chi connectivity index (χ0) is 19.4. The third-order valence-electron chi connectivity index (χ3n) is 4.59. The van der Waals surface area contributed by atoms with Gasteiger partial charge in [0.25, 0.3) is 0 Å². The van der Waals surface area contributed by atoms with E-state index in [1.54, 1.807) is 17.2 Å². The van der Waals surface area contributed by atoms with Crippen molar-refractivity contribution in [1.29, 1.82) is 0 Å². The van der Waals surface area contributed by atoms with Crippen molar-refractivity contribution in [2.45, 2.75) is 44.6 Å². The number of rotatable bonds is 4. The molecule has 1 aromatic carbocycles. The summed E-state index contributed by atoms with van der Waals surface area (Å²) in [5.74, 6) is 0.0845. The molecule has 0 bridgehead atoms. The molecule has 1 heterocycles. The zero-order valence-electron chi connectivity index (χ0n) is 16.5. The van der Waals surface area contributed by atoms with Crippen LogP contribution in [0.3, 0.4) is 0 Å². The van der Waals surface area contributed by atoms with Crippen LogP contribution in [-0.2, 0) is 14.9 Å². The maximum absolute atomic E-state index is 13.1. The second-order valence-electron chi connectivity index (χ2n) is 8.06. The Labute approximate surface area is 156 Å². The van der Waals surface area contributed by atoms with E-state index < -0.39 is 11.0 Å². The van der Waals surface area contributed by atoms with Crippen molar-refractivity contribution in [2.75, 3.05) is 27.2 Å². The highest BCUT2D eigenvalue weighted by Gasteiger charge is 2.42. The van der Waals surface area contributed by atoms with Gasteiger partial charge in [0.15, 0.2) is 5.78 Å². The summed E-state index contributed by atoms with van der Waals surface area (Å²) in [7, 11) is 3.79. The van der Waals surface area contributed by atoms with E-state index in [1.807, 2.05) is 70.1 Å². The predicted octanol–water partition coefficient (Wildman–Crippen LogP) is 3.60. The molecule has 0 radical (unpaired) electrons. The lowest BCUT2D eigenvalue weighted by Crippen LogP contribution is -2.49. The molecule has 0 aliphatic carbocycles. The summed E-state index contributed by atoms with van der Waals surface area (Å²) < 4.78 is 5.47. The molecule has 1 aromatic rings. The van der Waals surface area contributed by atoms with E-state index in [9.17, 15) is 9.59 Å². The number of amides is 1. The SMILES string of the molecule is CN(C)/C=C/C(=O)C1(c2ccccc2)CCN(C(=O)OC(C)(C)C)CC1. The fraction of sp³-hybridized carbons (Fsp3) is 0.524. The van der Waals surface area contributed by atoms with E-state index >= 15 is 0 Å². The summed E-state index contributed by atoms with van der Waals surface area (Å²) in [5, 5.41) is 0. The Morgan fingerprint density at radius 2 is 1.69 bits per heavy atom.